The zero-order valence-corrected chi connectivity index (χ0v) is 46.3. The summed E-state index contributed by atoms with van der Waals surface area (Å²) in [6, 6.07) is 101. The standard InChI is InChI=1S/C78H44N6S/c79-45-62-73(81-64-33-11-4-24-52(64)53-25-5-12-34-65(53)81)74(82-66-35-13-6-26-54(66)55-27-7-14-36-67(55)82)63(46-80)76(75(62)83-68-37-15-8-28-56(68)57-29-9-16-38-69(57)83)84-70-44-49(51-32-19-23-48-22-18-31-50(72(48)51)47-20-2-1-3-21-47)40-41-58(70)60-42-43-61-59-30-10-17-39-71(59)85-78(61)77(60)84/h1-44H. The third-order valence-electron chi connectivity index (χ3n) is 17.8. The Morgan fingerprint density at radius 3 is 1.13 bits per heavy atom. The number of rotatable bonds is 6. The number of hydrogen-bond donors (Lipinski definition) is 0. The average molecular weight is 1100 g/mol. The number of thiophene rings is 1. The van der Waals surface area contributed by atoms with Crippen molar-refractivity contribution < 1.29 is 0 Å². The highest BCUT2D eigenvalue weighted by molar-refractivity contribution is 7.26. The Labute approximate surface area is 490 Å². The highest BCUT2D eigenvalue weighted by Crippen LogP contribution is 2.51. The van der Waals surface area contributed by atoms with Crippen LogP contribution in [0.25, 0.3) is 163 Å². The van der Waals surface area contributed by atoms with Gasteiger partial charge in [-0.25, -0.2) is 0 Å². The van der Waals surface area contributed by atoms with Gasteiger partial charge >= 0.3 is 0 Å². The van der Waals surface area contributed by atoms with E-state index in [1.54, 1.807) is 11.3 Å². The number of nitrogens with zero attached hydrogens (tertiary/aromatic N) is 6. The van der Waals surface area contributed by atoms with Crippen LogP contribution in [0.2, 0.25) is 0 Å². The van der Waals surface area contributed by atoms with Crippen LogP contribution < -0.4 is 0 Å². The summed E-state index contributed by atoms with van der Waals surface area (Å²) < 4.78 is 11.5. The van der Waals surface area contributed by atoms with E-state index in [4.69, 9.17) is 0 Å². The molecule has 0 spiro atoms. The minimum Gasteiger partial charge on any atom is -0.306 e. The van der Waals surface area contributed by atoms with Crippen molar-refractivity contribution in [2.24, 2.45) is 0 Å². The zero-order valence-electron chi connectivity index (χ0n) is 45.5. The predicted molar refractivity (Wildman–Crippen MR) is 354 cm³/mol. The molecular formula is C78H44N6S. The fourth-order valence-corrected chi connectivity index (χ4v) is 15.6. The van der Waals surface area contributed by atoms with Crippen molar-refractivity contribution in [3.05, 3.63) is 278 Å². The van der Waals surface area contributed by atoms with Gasteiger partial charge in [0, 0.05) is 58.6 Å². The van der Waals surface area contributed by atoms with Crippen molar-refractivity contribution in [3.63, 3.8) is 0 Å². The normalized spacial score (nSPS) is 12.0. The number of fused-ring (bicyclic) bond motifs is 17. The van der Waals surface area contributed by atoms with E-state index in [9.17, 15) is 10.5 Å². The summed E-state index contributed by atoms with van der Waals surface area (Å²) in [4.78, 5) is 0. The summed E-state index contributed by atoms with van der Waals surface area (Å²) in [6.07, 6.45) is 0. The lowest BCUT2D eigenvalue weighted by Crippen LogP contribution is -2.16. The molecule has 392 valence electrons. The molecule has 13 aromatic carbocycles. The Morgan fingerprint density at radius 2 is 0.659 bits per heavy atom. The summed E-state index contributed by atoms with van der Waals surface area (Å²) in [6.45, 7) is 0. The van der Waals surface area contributed by atoms with Crippen molar-refractivity contribution in [1.29, 1.82) is 10.5 Å². The van der Waals surface area contributed by atoms with Gasteiger partial charge in [0.05, 0.1) is 71.6 Å². The number of aromatic nitrogens is 4. The van der Waals surface area contributed by atoms with Crippen LogP contribution >= 0.6 is 11.3 Å². The van der Waals surface area contributed by atoms with Crippen molar-refractivity contribution in [2.75, 3.05) is 0 Å². The molecule has 0 radical (unpaired) electrons. The molecular weight excluding hydrogens is 1050 g/mol. The molecule has 7 heteroatoms. The van der Waals surface area contributed by atoms with E-state index in [0.717, 1.165) is 130 Å². The van der Waals surface area contributed by atoms with Crippen LogP contribution in [0.15, 0.2) is 267 Å². The smallest absolute Gasteiger partial charge is 0.104 e. The highest BCUT2D eigenvalue weighted by Gasteiger charge is 2.35. The Kier molecular flexibility index (Phi) is 10.00. The van der Waals surface area contributed by atoms with Crippen LogP contribution in [-0.2, 0) is 0 Å². The maximum Gasteiger partial charge on any atom is 0.104 e. The molecule has 5 aromatic heterocycles. The molecule has 18 rings (SSSR count). The molecule has 0 saturated heterocycles. The van der Waals surface area contributed by atoms with Gasteiger partial charge in [0.25, 0.3) is 0 Å². The van der Waals surface area contributed by atoms with Gasteiger partial charge in [-0.1, -0.05) is 218 Å². The second-order valence-corrected chi connectivity index (χ2v) is 23.1. The van der Waals surface area contributed by atoms with E-state index in [1.807, 2.05) is 0 Å². The van der Waals surface area contributed by atoms with Crippen molar-refractivity contribution in [2.45, 2.75) is 0 Å². The Morgan fingerprint density at radius 1 is 0.282 bits per heavy atom. The molecule has 5 heterocycles. The Balaban J connectivity index is 1.13. The molecule has 0 N–H and O–H groups in total. The summed E-state index contributed by atoms with van der Waals surface area (Å²) in [7, 11) is 0. The predicted octanol–water partition coefficient (Wildman–Crippen LogP) is 20.7. The van der Waals surface area contributed by atoms with Crippen molar-refractivity contribution in [1.82, 2.24) is 18.3 Å². The SMILES string of the molecule is N#Cc1c(-n2c3ccccc3c3ccccc32)c(-n2c3ccccc3c3ccccc32)c(C#N)c(-n2c3cc(-c4cccc5cccc(-c6ccccc6)c45)ccc3c3ccc4c5ccccc5sc4c32)c1-n1c2ccccc2c2ccccc21. The number of hydrogen-bond acceptors (Lipinski definition) is 3. The molecule has 0 unspecified atom stereocenters. The van der Waals surface area contributed by atoms with Crippen LogP contribution in [0.5, 0.6) is 0 Å². The number of nitriles is 2. The van der Waals surface area contributed by atoms with Gasteiger partial charge in [0.15, 0.2) is 0 Å². The lowest BCUT2D eigenvalue weighted by atomic mass is 9.91. The first-order valence-electron chi connectivity index (χ1n) is 28.6. The van der Waals surface area contributed by atoms with E-state index in [-0.39, 0.29) is 0 Å². The fourth-order valence-electron chi connectivity index (χ4n) is 14.4. The zero-order chi connectivity index (χ0) is 56.0. The molecule has 0 aliphatic heterocycles. The monoisotopic (exact) mass is 1100 g/mol. The van der Waals surface area contributed by atoms with E-state index >= 15 is 0 Å². The average Bonchev–Trinajstić information content (AvgIpc) is 1.70. The van der Waals surface area contributed by atoms with Gasteiger partial charge in [-0.05, 0) is 81.6 Å². The van der Waals surface area contributed by atoms with E-state index in [2.05, 4.69) is 297 Å². The molecule has 0 fully saturated rings. The highest BCUT2D eigenvalue weighted by atomic mass is 32.1. The second kappa shape index (κ2) is 18.0. The number of benzene rings is 13. The van der Waals surface area contributed by atoms with Gasteiger partial charge in [0.1, 0.15) is 23.3 Å². The molecule has 0 aliphatic carbocycles. The lowest BCUT2D eigenvalue weighted by molar-refractivity contribution is 1.03. The first-order chi connectivity index (χ1) is 42.2. The van der Waals surface area contributed by atoms with Crippen molar-refractivity contribution in [3.8, 4) is 57.1 Å². The number of para-hydroxylation sites is 6. The molecule has 85 heavy (non-hydrogen) atoms. The van der Waals surface area contributed by atoms with Gasteiger partial charge in [-0.15, -0.1) is 11.3 Å². The lowest BCUT2D eigenvalue weighted by Gasteiger charge is -2.27. The third-order valence-corrected chi connectivity index (χ3v) is 19.0. The first kappa shape index (κ1) is 47.2. The molecule has 0 aliphatic rings. The molecule has 18 aromatic rings. The Bertz CT molecular complexity index is 5840. The van der Waals surface area contributed by atoms with Gasteiger partial charge in [-0.2, -0.15) is 10.5 Å². The molecule has 6 nitrogen and oxygen atoms in total. The second-order valence-electron chi connectivity index (χ2n) is 22.1. The summed E-state index contributed by atoms with van der Waals surface area (Å²) in [5.74, 6) is 0. The topological polar surface area (TPSA) is 67.3 Å². The largest absolute Gasteiger partial charge is 0.306 e. The van der Waals surface area contributed by atoms with Crippen LogP contribution in [0.4, 0.5) is 0 Å². The van der Waals surface area contributed by atoms with Crippen LogP contribution in [0.3, 0.4) is 0 Å². The molecule has 0 atom stereocenters. The summed E-state index contributed by atoms with van der Waals surface area (Å²) >= 11 is 1.77. The van der Waals surface area contributed by atoms with E-state index in [0.29, 0.717) is 33.9 Å². The van der Waals surface area contributed by atoms with Crippen molar-refractivity contribution >= 4 is 130 Å². The van der Waals surface area contributed by atoms with E-state index < -0.39 is 0 Å². The maximum absolute atomic E-state index is 13.1. The van der Waals surface area contributed by atoms with Gasteiger partial charge in [0.2, 0.25) is 0 Å². The van der Waals surface area contributed by atoms with Crippen LogP contribution in [-0.4, -0.2) is 18.3 Å². The van der Waals surface area contributed by atoms with Crippen LogP contribution in [0.1, 0.15) is 11.1 Å². The molecule has 0 bridgehead atoms. The minimum atomic E-state index is 0.415. The quantitative estimate of drug-likeness (QED) is 0.166. The van der Waals surface area contributed by atoms with Gasteiger partial charge in [-0.3, -0.25) is 0 Å². The van der Waals surface area contributed by atoms with E-state index in [1.165, 1.54) is 10.1 Å². The Hall–Kier alpha value is -11.5. The maximum atomic E-state index is 13.1. The molecule has 0 saturated carbocycles. The summed E-state index contributed by atoms with van der Waals surface area (Å²) in [5, 5.41) is 39.0. The fraction of sp³-hybridized carbons (Fsp3) is 0. The van der Waals surface area contributed by atoms with Crippen LogP contribution in [0, 0.1) is 22.7 Å². The third kappa shape index (κ3) is 6.50. The van der Waals surface area contributed by atoms with Gasteiger partial charge < -0.3 is 18.3 Å². The minimum absolute atomic E-state index is 0.415. The summed E-state index contributed by atoms with van der Waals surface area (Å²) in [5.41, 5.74) is 15.1. The first-order valence-corrected chi connectivity index (χ1v) is 29.4. The molecule has 0 amide bonds.